The van der Waals surface area contributed by atoms with E-state index in [1.807, 2.05) is 16.7 Å². The van der Waals surface area contributed by atoms with Gasteiger partial charge >= 0.3 is 0 Å². The first-order valence-corrected chi connectivity index (χ1v) is 9.88. The van der Waals surface area contributed by atoms with Gasteiger partial charge in [-0.3, -0.25) is 14.3 Å². The molecule has 0 radical (unpaired) electrons. The molecule has 1 N–H and O–H groups in total. The molecule has 3 rings (SSSR count). The molecule has 0 spiro atoms. The molecule has 3 aromatic rings. The number of halogens is 1. The molecule has 0 unspecified atom stereocenters. The second-order valence-corrected chi connectivity index (χ2v) is 6.83. The van der Waals surface area contributed by atoms with Crippen molar-refractivity contribution >= 4 is 17.7 Å². The van der Waals surface area contributed by atoms with Crippen molar-refractivity contribution in [2.45, 2.75) is 11.7 Å². The van der Waals surface area contributed by atoms with Gasteiger partial charge in [0.05, 0.1) is 12.3 Å². The first-order valence-electron chi connectivity index (χ1n) is 8.89. The predicted octanol–water partition coefficient (Wildman–Crippen LogP) is 2.95. The zero-order chi connectivity index (χ0) is 20.5. The third-order valence-electron chi connectivity index (χ3n) is 3.79. The van der Waals surface area contributed by atoms with E-state index in [2.05, 4.69) is 27.1 Å². The van der Waals surface area contributed by atoms with E-state index in [1.165, 1.54) is 23.9 Å². The Hall–Kier alpha value is -3.20. The topological polar surface area (TPSA) is 81.9 Å². The Morgan fingerprint density at radius 3 is 2.86 bits per heavy atom. The summed E-state index contributed by atoms with van der Waals surface area (Å²) >= 11 is 1.29. The highest BCUT2D eigenvalue weighted by molar-refractivity contribution is 7.99. The Morgan fingerprint density at radius 1 is 1.28 bits per heavy atom. The molecule has 2 heterocycles. The van der Waals surface area contributed by atoms with Gasteiger partial charge in [-0.25, -0.2) is 4.39 Å². The zero-order valence-corrected chi connectivity index (χ0v) is 16.4. The lowest BCUT2D eigenvalue weighted by Crippen LogP contribution is -2.29. The third kappa shape index (κ3) is 5.89. The van der Waals surface area contributed by atoms with E-state index < -0.39 is 0 Å². The van der Waals surface area contributed by atoms with Gasteiger partial charge in [0.25, 0.3) is 0 Å². The summed E-state index contributed by atoms with van der Waals surface area (Å²) < 4.78 is 20.4. The van der Waals surface area contributed by atoms with Crippen molar-refractivity contribution in [1.82, 2.24) is 25.1 Å². The molecular weight excluding hydrogens is 393 g/mol. The Bertz CT molecular complexity index is 965. The Morgan fingerprint density at radius 2 is 2.10 bits per heavy atom. The highest BCUT2D eigenvalue weighted by Gasteiger charge is 2.14. The fourth-order valence-electron chi connectivity index (χ4n) is 2.50. The number of rotatable bonds is 10. The minimum absolute atomic E-state index is 0.156. The highest BCUT2D eigenvalue weighted by atomic mass is 32.2. The number of amides is 1. The van der Waals surface area contributed by atoms with E-state index in [1.54, 1.807) is 30.6 Å². The number of pyridine rings is 1. The van der Waals surface area contributed by atoms with Crippen LogP contribution in [0.15, 0.2) is 66.6 Å². The average molecular weight is 413 g/mol. The molecule has 2 aromatic heterocycles. The number of hydrogen-bond acceptors (Lipinski definition) is 6. The lowest BCUT2D eigenvalue weighted by molar-refractivity contribution is -0.118. The minimum atomic E-state index is -0.363. The van der Waals surface area contributed by atoms with Crippen molar-refractivity contribution in [3.63, 3.8) is 0 Å². The van der Waals surface area contributed by atoms with Crippen LogP contribution in [-0.2, 0) is 11.3 Å². The smallest absolute Gasteiger partial charge is 0.230 e. The number of thioether (sulfide) groups is 1. The van der Waals surface area contributed by atoms with Crippen molar-refractivity contribution in [2.24, 2.45) is 0 Å². The maximum atomic E-state index is 13.1. The van der Waals surface area contributed by atoms with Crippen molar-refractivity contribution in [3.8, 4) is 17.1 Å². The highest BCUT2D eigenvalue weighted by Crippen LogP contribution is 2.23. The number of carbonyl (C=O) groups is 1. The van der Waals surface area contributed by atoms with Gasteiger partial charge in [-0.05, 0) is 24.3 Å². The number of aromatic nitrogens is 4. The summed E-state index contributed by atoms with van der Waals surface area (Å²) in [6, 6.07) is 9.57. The van der Waals surface area contributed by atoms with Crippen molar-refractivity contribution in [3.05, 3.63) is 67.3 Å². The molecule has 0 saturated carbocycles. The largest absolute Gasteiger partial charge is 0.492 e. The number of hydrogen-bond donors (Lipinski definition) is 1. The Kier molecular flexibility index (Phi) is 7.34. The van der Waals surface area contributed by atoms with Crippen LogP contribution >= 0.6 is 11.8 Å². The van der Waals surface area contributed by atoms with E-state index in [0.29, 0.717) is 29.8 Å². The normalized spacial score (nSPS) is 10.5. The fourth-order valence-corrected chi connectivity index (χ4v) is 3.28. The number of nitrogens with zero attached hydrogens (tertiary/aromatic N) is 4. The molecule has 0 aliphatic rings. The van der Waals surface area contributed by atoms with Gasteiger partial charge in [0, 0.05) is 30.6 Å². The molecule has 150 valence electrons. The van der Waals surface area contributed by atoms with Crippen LogP contribution in [-0.4, -0.2) is 44.6 Å². The number of benzene rings is 1. The molecule has 1 amide bonds. The second-order valence-electron chi connectivity index (χ2n) is 5.89. The lowest BCUT2D eigenvalue weighted by atomic mass is 10.2. The molecule has 9 heteroatoms. The van der Waals surface area contributed by atoms with E-state index in [0.717, 1.165) is 5.56 Å². The summed E-state index contributed by atoms with van der Waals surface area (Å²) in [5.74, 6) is 0.786. The number of allylic oxidation sites excluding steroid dienone is 1. The monoisotopic (exact) mass is 413 g/mol. The van der Waals surface area contributed by atoms with Crippen LogP contribution in [0.3, 0.4) is 0 Å². The summed E-state index contributed by atoms with van der Waals surface area (Å²) in [6.45, 7) is 4.86. The summed E-state index contributed by atoms with van der Waals surface area (Å²) in [4.78, 5) is 16.1. The Balaban J connectivity index is 1.49. The van der Waals surface area contributed by atoms with E-state index in [9.17, 15) is 9.18 Å². The quantitative estimate of drug-likeness (QED) is 0.313. The summed E-state index contributed by atoms with van der Waals surface area (Å²) in [5, 5.41) is 11.8. The molecule has 7 nitrogen and oxygen atoms in total. The van der Waals surface area contributed by atoms with Crippen LogP contribution < -0.4 is 10.1 Å². The molecule has 1 aromatic carbocycles. The van der Waals surface area contributed by atoms with Crippen LogP contribution in [0.4, 0.5) is 4.39 Å². The fraction of sp³-hybridized carbons (Fsp3) is 0.200. The van der Waals surface area contributed by atoms with Crippen LogP contribution in [0.25, 0.3) is 11.4 Å². The van der Waals surface area contributed by atoms with Gasteiger partial charge < -0.3 is 10.1 Å². The molecule has 0 atom stereocenters. The van der Waals surface area contributed by atoms with Crippen LogP contribution in [0, 0.1) is 5.82 Å². The summed E-state index contributed by atoms with van der Waals surface area (Å²) in [5.41, 5.74) is 0.889. The maximum absolute atomic E-state index is 13.1. The average Bonchev–Trinajstić information content (AvgIpc) is 3.13. The van der Waals surface area contributed by atoms with E-state index in [4.69, 9.17) is 4.74 Å². The lowest BCUT2D eigenvalue weighted by Gasteiger charge is -2.09. The minimum Gasteiger partial charge on any atom is -0.492 e. The molecule has 0 fully saturated rings. The van der Waals surface area contributed by atoms with E-state index in [-0.39, 0.29) is 24.1 Å². The van der Waals surface area contributed by atoms with Gasteiger partial charge in [-0.1, -0.05) is 23.9 Å². The second kappa shape index (κ2) is 10.4. The number of ether oxygens (including phenoxy) is 1. The number of nitrogens with one attached hydrogen (secondary N) is 1. The summed E-state index contributed by atoms with van der Waals surface area (Å²) in [7, 11) is 0. The van der Waals surface area contributed by atoms with Gasteiger partial charge in [0.15, 0.2) is 11.0 Å². The first kappa shape index (κ1) is 20.5. The van der Waals surface area contributed by atoms with Crippen molar-refractivity contribution < 1.29 is 13.9 Å². The SMILES string of the molecule is C=CCn1c(SCC(=O)NCCOc2cccc(F)c2)nnc1-c1ccncc1. The molecule has 0 saturated heterocycles. The predicted molar refractivity (Wildman–Crippen MR) is 109 cm³/mol. The van der Waals surface area contributed by atoms with Crippen molar-refractivity contribution in [1.29, 1.82) is 0 Å². The van der Waals surface area contributed by atoms with Crippen LogP contribution in [0.1, 0.15) is 0 Å². The molecule has 0 aliphatic heterocycles. The van der Waals surface area contributed by atoms with Crippen LogP contribution in [0.5, 0.6) is 5.75 Å². The van der Waals surface area contributed by atoms with Crippen molar-refractivity contribution in [2.75, 3.05) is 18.9 Å². The standard InChI is InChI=1S/C20H20FN5O2S/c1-2-11-26-19(15-6-8-22-9-7-15)24-25-20(26)29-14-18(27)23-10-12-28-17-5-3-4-16(21)13-17/h2-9,13H,1,10-12,14H2,(H,23,27). The van der Waals surface area contributed by atoms with Gasteiger partial charge in [-0.15, -0.1) is 16.8 Å². The molecule has 0 bridgehead atoms. The third-order valence-corrected chi connectivity index (χ3v) is 4.76. The van der Waals surface area contributed by atoms with E-state index >= 15 is 0 Å². The first-order chi connectivity index (χ1) is 14.2. The van der Waals surface area contributed by atoms with Gasteiger partial charge in [-0.2, -0.15) is 0 Å². The zero-order valence-electron chi connectivity index (χ0n) is 15.6. The van der Waals surface area contributed by atoms with Gasteiger partial charge in [0.1, 0.15) is 18.2 Å². The number of carbonyl (C=O) groups excluding carboxylic acids is 1. The Labute approximate surface area is 172 Å². The van der Waals surface area contributed by atoms with Gasteiger partial charge in [0.2, 0.25) is 5.91 Å². The molecule has 0 aliphatic carbocycles. The molecular formula is C20H20FN5O2S. The maximum Gasteiger partial charge on any atom is 0.230 e. The van der Waals surface area contributed by atoms with Crippen LogP contribution in [0.2, 0.25) is 0 Å². The summed E-state index contributed by atoms with van der Waals surface area (Å²) in [6.07, 6.45) is 5.13. The molecule has 29 heavy (non-hydrogen) atoms.